The first kappa shape index (κ1) is 30.6. The van der Waals surface area contributed by atoms with Crippen molar-refractivity contribution in [1.82, 2.24) is 0 Å². The van der Waals surface area contributed by atoms with Gasteiger partial charge in [-0.3, -0.25) is 0 Å². The van der Waals surface area contributed by atoms with E-state index in [0.717, 1.165) is 6.07 Å². The summed E-state index contributed by atoms with van der Waals surface area (Å²) in [7, 11) is 0. The molecule has 0 unspecified atom stereocenters. The lowest BCUT2D eigenvalue weighted by atomic mass is 9.78. The average Bonchev–Trinajstić information content (AvgIpc) is 2.97. The maximum atomic E-state index is 12.7. The van der Waals surface area contributed by atoms with Crippen LogP contribution in [0.1, 0.15) is 28.8 Å². The summed E-state index contributed by atoms with van der Waals surface area (Å²) in [6.07, 6.45) is -13.6. The number of carbonyl (C=O) groups excluding carboxylic acids is 2. The van der Waals surface area contributed by atoms with Crippen molar-refractivity contribution in [3.8, 4) is 11.5 Å². The molecule has 1 aliphatic heterocycles. The molecule has 2 fully saturated rings. The molecule has 41 heavy (non-hydrogen) atoms. The molecule has 2 aromatic rings. The number of benzene rings is 2. The molecule has 1 aliphatic carbocycles. The van der Waals surface area contributed by atoms with Gasteiger partial charge in [0.1, 0.15) is 55.2 Å². The molecule has 9 atom stereocenters. The fraction of sp³-hybridized carbons (Fsp3) is 0.481. The van der Waals surface area contributed by atoms with E-state index < -0.39 is 79.8 Å². The number of hydrogen-bond acceptors (Lipinski definition) is 14. The van der Waals surface area contributed by atoms with Crippen molar-refractivity contribution < 1.29 is 69.4 Å². The van der Waals surface area contributed by atoms with Gasteiger partial charge in [-0.2, -0.15) is 0 Å². The summed E-state index contributed by atoms with van der Waals surface area (Å²) in [5, 5.41) is 81.9. The molecular formula is C27H32O14. The zero-order chi connectivity index (χ0) is 29.9. The summed E-state index contributed by atoms with van der Waals surface area (Å²) >= 11 is 0. The van der Waals surface area contributed by atoms with Crippen LogP contribution in [-0.2, 0) is 25.6 Å². The lowest BCUT2D eigenvalue weighted by Gasteiger charge is -2.41. The van der Waals surface area contributed by atoms with Crippen LogP contribution in [0.3, 0.4) is 0 Å². The second-order valence-corrected chi connectivity index (χ2v) is 9.90. The van der Waals surface area contributed by atoms with E-state index in [2.05, 4.69) is 0 Å². The van der Waals surface area contributed by atoms with Gasteiger partial charge in [-0.25, -0.2) is 9.59 Å². The second kappa shape index (κ2) is 12.7. The fourth-order valence-corrected chi connectivity index (χ4v) is 4.60. The van der Waals surface area contributed by atoms with Crippen LogP contribution in [0.25, 0.3) is 0 Å². The maximum Gasteiger partial charge on any atom is 0.344 e. The van der Waals surface area contributed by atoms with E-state index in [1.807, 2.05) is 0 Å². The van der Waals surface area contributed by atoms with Gasteiger partial charge < -0.3 is 59.8 Å². The molecule has 8 N–H and O–H groups in total. The highest BCUT2D eigenvalue weighted by Crippen LogP contribution is 2.33. The first-order valence-corrected chi connectivity index (χ1v) is 12.8. The zero-order valence-electron chi connectivity index (χ0n) is 21.6. The van der Waals surface area contributed by atoms with E-state index in [-0.39, 0.29) is 35.5 Å². The molecule has 0 radical (unpaired) electrons. The van der Waals surface area contributed by atoms with Gasteiger partial charge in [-0.15, -0.1) is 0 Å². The van der Waals surface area contributed by atoms with Crippen LogP contribution in [0.2, 0.25) is 0 Å². The SMILES string of the molecule is O=C(OC[C@H]1O[C@@H](Oc2ccc(O)cc2COC(=O)[C@]2(O)[C@H](O)CC[C@H](O)[C@@H]2O)[C@@H](O)[C@@H](O)[C@H]1O)c1ccccc1. The molecule has 0 amide bonds. The summed E-state index contributed by atoms with van der Waals surface area (Å²) in [6.45, 7) is -1.18. The summed E-state index contributed by atoms with van der Waals surface area (Å²) in [6, 6.07) is 11.5. The topological polar surface area (TPSA) is 233 Å². The molecule has 2 aliphatic rings. The Kier molecular flexibility index (Phi) is 9.46. The minimum Gasteiger partial charge on any atom is -0.508 e. The summed E-state index contributed by atoms with van der Waals surface area (Å²) in [5.41, 5.74) is -2.60. The Morgan fingerprint density at radius 2 is 1.61 bits per heavy atom. The zero-order valence-corrected chi connectivity index (χ0v) is 21.6. The predicted octanol–water partition coefficient (Wildman–Crippen LogP) is -1.91. The van der Waals surface area contributed by atoms with Gasteiger partial charge in [0, 0.05) is 5.56 Å². The Morgan fingerprint density at radius 1 is 0.902 bits per heavy atom. The van der Waals surface area contributed by atoms with Gasteiger partial charge in [0.2, 0.25) is 11.9 Å². The quantitative estimate of drug-likeness (QED) is 0.159. The van der Waals surface area contributed by atoms with E-state index in [1.165, 1.54) is 24.3 Å². The van der Waals surface area contributed by atoms with Gasteiger partial charge in [0.25, 0.3) is 0 Å². The van der Waals surface area contributed by atoms with Crippen molar-refractivity contribution in [2.24, 2.45) is 0 Å². The Balaban J connectivity index is 1.45. The molecule has 4 rings (SSSR count). The van der Waals surface area contributed by atoms with Crippen LogP contribution in [0, 0.1) is 0 Å². The number of esters is 2. The van der Waals surface area contributed by atoms with Gasteiger partial charge in [-0.05, 0) is 43.2 Å². The van der Waals surface area contributed by atoms with Gasteiger partial charge in [-0.1, -0.05) is 18.2 Å². The highest BCUT2D eigenvalue weighted by atomic mass is 16.7. The molecular weight excluding hydrogens is 548 g/mol. The number of phenols is 1. The Hall–Kier alpha value is -3.34. The first-order valence-electron chi connectivity index (χ1n) is 12.8. The number of hydrogen-bond donors (Lipinski definition) is 8. The van der Waals surface area contributed by atoms with E-state index in [4.69, 9.17) is 18.9 Å². The highest BCUT2D eigenvalue weighted by molar-refractivity contribution is 5.89. The highest BCUT2D eigenvalue weighted by Gasteiger charge is 2.56. The molecule has 224 valence electrons. The van der Waals surface area contributed by atoms with Crippen LogP contribution < -0.4 is 4.74 Å². The number of aliphatic hydroxyl groups is 7. The summed E-state index contributed by atoms with van der Waals surface area (Å²) < 4.78 is 21.5. The Bertz CT molecular complexity index is 1210. The van der Waals surface area contributed by atoms with Crippen LogP contribution in [0.5, 0.6) is 11.5 Å². The fourth-order valence-electron chi connectivity index (χ4n) is 4.60. The smallest absolute Gasteiger partial charge is 0.344 e. The standard InChI is InChI=1S/C27H32O14/c28-15-6-8-17(14(10-15)11-39-26(36)27(37)19(30)9-7-16(29)23(27)34)40-25-22(33)21(32)20(31)18(41-25)12-38-24(35)13-4-2-1-3-5-13/h1-6,8,10,16,18-23,25,28-34,37H,7,9,11-12H2/t16-,18+,19+,20-,21-,22-,23-,25+,27-/m0/s1. The first-order chi connectivity index (χ1) is 19.4. The van der Waals surface area contributed by atoms with Crippen molar-refractivity contribution in [3.05, 3.63) is 59.7 Å². The average molecular weight is 581 g/mol. The molecule has 1 heterocycles. The van der Waals surface area contributed by atoms with Gasteiger partial charge in [0.15, 0.2) is 0 Å². The van der Waals surface area contributed by atoms with Crippen molar-refractivity contribution in [2.45, 2.75) is 74.1 Å². The van der Waals surface area contributed by atoms with E-state index in [1.54, 1.807) is 18.2 Å². The monoisotopic (exact) mass is 580 g/mol. The van der Waals surface area contributed by atoms with E-state index in [9.17, 15) is 50.4 Å². The second-order valence-electron chi connectivity index (χ2n) is 9.90. The number of phenolic OH excluding ortho intramolecular Hbond substituents is 1. The van der Waals surface area contributed by atoms with Gasteiger partial charge >= 0.3 is 11.9 Å². The third-order valence-electron chi connectivity index (χ3n) is 7.09. The molecule has 1 saturated carbocycles. The van der Waals surface area contributed by atoms with Gasteiger partial charge in [0.05, 0.1) is 17.8 Å². The maximum absolute atomic E-state index is 12.7. The molecule has 0 bridgehead atoms. The number of carbonyl (C=O) groups is 2. The lowest BCUT2D eigenvalue weighted by molar-refractivity contribution is -0.277. The summed E-state index contributed by atoms with van der Waals surface area (Å²) in [4.78, 5) is 25.0. The van der Waals surface area contributed by atoms with Crippen LogP contribution in [-0.4, -0.2) is 114 Å². The third-order valence-corrected chi connectivity index (χ3v) is 7.09. The number of ether oxygens (including phenoxy) is 4. The Labute approximate surface area is 233 Å². The van der Waals surface area contributed by atoms with E-state index >= 15 is 0 Å². The molecule has 1 saturated heterocycles. The molecule has 14 nitrogen and oxygen atoms in total. The molecule has 14 heteroatoms. The summed E-state index contributed by atoms with van der Waals surface area (Å²) in [5.74, 6) is -2.58. The molecule has 0 aromatic heterocycles. The minimum atomic E-state index is -2.82. The number of rotatable bonds is 8. The molecule has 0 spiro atoms. The van der Waals surface area contributed by atoms with Crippen LogP contribution >= 0.6 is 0 Å². The van der Waals surface area contributed by atoms with Crippen molar-refractivity contribution in [2.75, 3.05) is 6.61 Å². The van der Waals surface area contributed by atoms with Crippen LogP contribution in [0.15, 0.2) is 48.5 Å². The minimum absolute atomic E-state index is 0.0224. The van der Waals surface area contributed by atoms with Crippen molar-refractivity contribution in [1.29, 1.82) is 0 Å². The largest absolute Gasteiger partial charge is 0.508 e. The van der Waals surface area contributed by atoms with Crippen molar-refractivity contribution >= 4 is 11.9 Å². The normalized spacial score (nSPS) is 33.5. The van der Waals surface area contributed by atoms with Crippen LogP contribution in [0.4, 0.5) is 0 Å². The Morgan fingerprint density at radius 3 is 2.32 bits per heavy atom. The third kappa shape index (κ3) is 6.45. The molecule has 2 aromatic carbocycles. The van der Waals surface area contributed by atoms with E-state index in [0.29, 0.717) is 0 Å². The van der Waals surface area contributed by atoms with Crippen molar-refractivity contribution in [3.63, 3.8) is 0 Å². The number of aliphatic hydroxyl groups excluding tert-OH is 6. The number of aromatic hydroxyl groups is 1. The lowest BCUT2D eigenvalue weighted by Crippen LogP contribution is -2.65. The predicted molar refractivity (Wildman–Crippen MR) is 134 cm³/mol.